The zero-order chi connectivity index (χ0) is 40.6. The first-order chi connectivity index (χ1) is 26.6. The van der Waals surface area contributed by atoms with E-state index in [1.54, 1.807) is 103 Å². The second-order valence-electron chi connectivity index (χ2n) is 10.8. The Morgan fingerprint density at radius 1 is 0.714 bits per heavy atom. The Balaban J connectivity index is 0.000000146. The van der Waals surface area contributed by atoms with Crippen LogP contribution in [0.3, 0.4) is 0 Å². The molecule has 56 heavy (non-hydrogen) atoms. The fourth-order valence-electron chi connectivity index (χ4n) is 4.37. The molecule has 1 unspecified atom stereocenters. The quantitative estimate of drug-likeness (QED) is 0.146. The zero-order valence-corrected chi connectivity index (χ0v) is 38.2. The molecule has 0 saturated heterocycles. The van der Waals surface area contributed by atoms with Crippen LogP contribution >= 0.6 is 81.2 Å². The Hall–Kier alpha value is -3.51. The topological polar surface area (TPSA) is 226 Å². The molecule has 0 saturated carbocycles. The van der Waals surface area contributed by atoms with Crippen LogP contribution in [0.4, 0.5) is 0 Å². The summed E-state index contributed by atoms with van der Waals surface area (Å²) in [5.74, 6) is -1.86. The van der Waals surface area contributed by atoms with Gasteiger partial charge in [0.15, 0.2) is 0 Å². The number of rotatable bonds is 5. The number of hydrogen-bond acceptors (Lipinski definition) is 14. The van der Waals surface area contributed by atoms with Crippen LogP contribution in [0.1, 0.15) is 43.6 Å². The maximum absolute atomic E-state index is 12.0. The third-order valence-electron chi connectivity index (χ3n) is 6.89. The van der Waals surface area contributed by atoms with Gasteiger partial charge in [-0.1, -0.05) is 0 Å². The molecule has 1 atom stereocenters. The summed E-state index contributed by atoms with van der Waals surface area (Å²) in [6.45, 7) is 3.18. The van der Waals surface area contributed by atoms with E-state index in [9.17, 15) is 41.0 Å². The van der Waals surface area contributed by atoms with E-state index in [0.717, 1.165) is 9.13 Å². The molecule has 3 N–H and O–H groups in total. The fraction of sp³-hybridized carbons (Fsp3) is 0.0556. The van der Waals surface area contributed by atoms with E-state index in [1.807, 2.05) is 6.92 Å². The van der Waals surface area contributed by atoms with Crippen molar-refractivity contribution >= 4 is 115 Å². The van der Waals surface area contributed by atoms with Crippen molar-refractivity contribution in [3.63, 3.8) is 0 Å². The molecule has 3 heterocycles. The molecule has 0 radical (unpaired) electrons. The van der Waals surface area contributed by atoms with Gasteiger partial charge in [-0.25, -0.2) is 0 Å². The second kappa shape index (κ2) is 19.3. The number of aryl methyl sites for hydroxylation is 1. The van der Waals surface area contributed by atoms with Gasteiger partial charge < -0.3 is 0 Å². The summed E-state index contributed by atoms with van der Waals surface area (Å²) < 4.78 is 89.8. The van der Waals surface area contributed by atoms with Gasteiger partial charge in [-0.05, 0) is 0 Å². The molecule has 0 aliphatic carbocycles. The molecule has 20 heteroatoms. The van der Waals surface area contributed by atoms with Crippen molar-refractivity contribution in [2.24, 2.45) is 0 Å². The molecule has 0 spiro atoms. The summed E-state index contributed by atoms with van der Waals surface area (Å²) in [5.41, 5.74) is 2.23. The molecule has 298 valence electrons. The first-order valence-corrected chi connectivity index (χ1v) is 29.4. The molecule has 8 rings (SSSR count). The van der Waals surface area contributed by atoms with E-state index in [0.29, 0.717) is 18.3 Å². The van der Waals surface area contributed by atoms with Crippen LogP contribution in [0, 0.1) is 21.2 Å². The summed E-state index contributed by atoms with van der Waals surface area (Å²) in [4.78, 5) is 44.0. The van der Waals surface area contributed by atoms with Crippen molar-refractivity contribution in [1.82, 2.24) is 0 Å². The third-order valence-corrected chi connectivity index (χ3v) is 22.1. The number of halogens is 4. The first-order valence-electron chi connectivity index (χ1n) is 15.5. The third kappa shape index (κ3) is 11.1. The van der Waals surface area contributed by atoms with Crippen LogP contribution in [0.25, 0.3) is 0 Å². The summed E-state index contributed by atoms with van der Waals surface area (Å²) in [6, 6.07) is 35.0. The van der Waals surface area contributed by atoms with Gasteiger partial charge in [0.05, 0.1) is 0 Å². The normalized spacial score (nSPS) is 18.5. The number of hydrogen-bond donors (Lipinski definition) is 3. The van der Waals surface area contributed by atoms with Gasteiger partial charge in [-0.3, -0.25) is 0 Å². The van der Waals surface area contributed by atoms with Crippen LogP contribution in [0.2, 0.25) is 0 Å². The predicted octanol–water partition coefficient (Wildman–Crippen LogP) is 7.42. The Morgan fingerprint density at radius 3 is 1.82 bits per heavy atom. The van der Waals surface area contributed by atoms with Crippen LogP contribution in [-0.2, 0) is 32.8 Å². The van der Waals surface area contributed by atoms with Gasteiger partial charge in [0.25, 0.3) is 0 Å². The molecule has 0 fully saturated rings. The average molecular weight is 1240 g/mol. The number of fused-ring (bicyclic) bond motifs is 3. The van der Waals surface area contributed by atoms with Crippen LogP contribution < -0.4 is 0 Å². The number of carbonyl (C=O) groups is 4. The standard InChI is InChI=1S/C13H13IO4S.C9H7IO4.C7H5IO4.C7H5IO3/c1-11-7-9-13(10-8-11)19(16,17)18-14(15)12-5-3-2-4-6-12;1-6(11)13-10-8-5-3-2-4-7(8)9(12)14-10;9-7-5-3-1-2-4-6(5)8(10,11)12-7;9-7-5-3-1-2-4-6(5)8(10)11-7/h2-10,15H,1H3;2-5H,1H3;1-4H,(H,10,11);1-4,10H. The van der Waals surface area contributed by atoms with E-state index in [4.69, 9.17) is 11.7 Å². The molecule has 15 nitrogen and oxygen atoms in total. The van der Waals surface area contributed by atoms with Crippen LogP contribution in [0.15, 0.2) is 132 Å². The molecule has 0 bridgehead atoms. The monoisotopic (exact) mass is 1240 g/mol. The second-order valence-corrected chi connectivity index (χ2v) is 26.3. The van der Waals surface area contributed by atoms with Crippen molar-refractivity contribution < 1.29 is 55.8 Å². The Labute approximate surface area is 349 Å². The van der Waals surface area contributed by atoms with Gasteiger partial charge in [-0.2, -0.15) is 0 Å². The summed E-state index contributed by atoms with van der Waals surface area (Å²) >= 11 is -12.7. The SMILES string of the molecule is CC(=O)OI1OC(=O)c2ccccc21.Cc1ccc(S(=O)(=O)OI(O)c2ccccc2)cc1.O=C1OI(=O)(O)c2ccccc21.O=C1OI(O)c2ccccc21. The van der Waals surface area contributed by atoms with Crippen molar-refractivity contribution in [2.75, 3.05) is 0 Å². The predicted molar refractivity (Wildman–Crippen MR) is 231 cm³/mol. The minimum absolute atomic E-state index is 0.0605. The van der Waals surface area contributed by atoms with E-state index in [-0.39, 0.29) is 26.0 Å². The maximum atomic E-state index is 12.0. The average Bonchev–Trinajstić information content (AvgIpc) is 3.74. The number of carbonyl (C=O) groups excluding carboxylic acids is 4. The van der Waals surface area contributed by atoms with Gasteiger partial charge in [0.2, 0.25) is 0 Å². The van der Waals surface area contributed by atoms with E-state index < -0.39 is 103 Å². The molecule has 5 aromatic carbocycles. The van der Waals surface area contributed by atoms with Crippen molar-refractivity contribution in [2.45, 2.75) is 18.7 Å². The van der Waals surface area contributed by atoms with Crippen molar-refractivity contribution in [3.05, 3.63) is 164 Å². The number of benzene rings is 5. The fourth-order valence-corrected chi connectivity index (χ4v) is 16.9. The Morgan fingerprint density at radius 2 is 1.23 bits per heavy atom. The van der Waals surface area contributed by atoms with Crippen molar-refractivity contribution in [1.29, 1.82) is 0 Å². The first kappa shape index (κ1) is 43.6. The van der Waals surface area contributed by atoms with Crippen molar-refractivity contribution in [3.8, 4) is 0 Å². The summed E-state index contributed by atoms with van der Waals surface area (Å²) in [5, 5.41) is 0. The van der Waals surface area contributed by atoms with Gasteiger partial charge in [0, 0.05) is 0 Å². The summed E-state index contributed by atoms with van der Waals surface area (Å²) in [6.07, 6.45) is 0. The minimum atomic E-state index is -4.54. The van der Waals surface area contributed by atoms with E-state index in [2.05, 4.69) is 3.07 Å². The molecule has 5 aromatic rings. The Bertz CT molecular complexity index is 2410. The molecular formula is C36H30I4O15S. The molecular weight excluding hydrogens is 1210 g/mol. The molecule has 0 amide bonds. The van der Waals surface area contributed by atoms with E-state index >= 15 is 0 Å². The van der Waals surface area contributed by atoms with Gasteiger partial charge in [0.1, 0.15) is 0 Å². The van der Waals surface area contributed by atoms with Crippen LogP contribution in [0.5, 0.6) is 0 Å². The van der Waals surface area contributed by atoms with Crippen LogP contribution in [-0.4, -0.2) is 42.6 Å². The van der Waals surface area contributed by atoms with Gasteiger partial charge >= 0.3 is 354 Å². The van der Waals surface area contributed by atoms with Gasteiger partial charge in [-0.15, -0.1) is 0 Å². The molecule has 0 aromatic heterocycles. The zero-order valence-electron chi connectivity index (χ0n) is 28.8. The Kier molecular flexibility index (Phi) is 15.0. The van der Waals surface area contributed by atoms with E-state index in [1.165, 1.54) is 31.2 Å². The molecule has 3 aliphatic rings. The summed E-state index contributed by atoms with van der Waals surface area (Å²) in [7, 11) is -3.90. The molecule has 3 aliphatic heterocycles.